The molecule has 0 spiro atoms. The highest BCUT2D eigenvalue weighted by atomic mass is 16.5. The van der Waals surface area contributed by atoms with Crippen LogP contribution in [0.3, 0.4) is 0 Å². The van der Waals surface area contributed by atoms with Crippen LogP contribution in [-0.2, 0) is 9.53 Å². The first-order valence-corrected chi connectivity index (χ1v) is 9.01. The third-order valence-electron chi connectivity index (χ3n) is 4.74. The largest absolute Gasteiger partial charge is 0.469 e. The molecule has 0 aliphatic heterocycles. The molecule has 0 aliphatic rings. The van der Waals surface area contributed by atoms with Crippen molar-refractivity contribution in [3.63, 3.8) is 0 Å². The quantitative estimate of drug-likeness (QED) is 0.334. The lowest BCUT2D eigenvalue weighted by atomic mass is 9.79. The average Bonchev–Trinajstić information content (AvgIpc) is 2.44. The first-order chi connectivity index (χ1) is 9.93. The number of rotatable bonds is 12. The molecule has 0 aromatic rings. The molecule has 0 rings (SSSR count). The van der Waals surface area contributed by atoms with E-state index < -0.39 is 0 Å². The Morgan fingerprint density at radius 1 is 0.905 bits per heavy atom. The van der Waals surface area contributed by atoms with Crippen LogP contribution in [0.4, 0.5) is 0 Å². The molecule has 0 aromatic heterocycles. The Morgan fingerprint density at radius 3 is 1.95 bits per heavy atom. The smallest absolute Gasteiger partial charge is 0.308 e. The fourth-order valence-electron chi connectivity index (χ4n) is 3.03. The Bertz CT molecular complexity index is 258. The Balaban J connectivity index is 4.24. The van der Waals surface area contributed by atoms with E-state index in [1.165, 1.54) is 52.1 Å². The Morgan fingerprint density at radius 2 is 1.48 bits per heavy atom. The molecular formula is C19H38O2. The van der Waals surface area contributed by atoms with Crippen LogP contribution in [0.1, 0.15) is 86.0 Å². The summed E-state index contributed by atoms with van der Waals surface area (Å²) in [6.45, 7) is 11.1. The first kappa shape index (κ1) is 20.5. The second-order valence-electron chi connectivity index (χ2n) is 7.17. The second kappa shape index (κ2) is 12.1. The Hall–Kier alpha value is -0.530. The number of unbranched alkanes of at least 4 members (excludes halogenated alkanes) is 5. The third kappa shape index (κ3) is 9.16. The summed E-state index contributed by atoms with van der Waals surface area (Å²) in [4.78, 5) is 11.9. The van der Waals surface area contributed by atoms with E-state index in [9.17, 15) is 4.79 Å². The van der Waals surface area contributed by atoms with E-state index in [0.717, 1.165) is 6.42 Å². The lowest BCUT2D eigenvalue weighted by molar-refractivity contribution is -0.147. The van der Waals surface area contributed by atoms with Crippen LogP contribution in [0.5, 0.6) is 0 Å². The summed E-state index contributed by atoms with van der Waals surface area (Å²) >= 11 is 0. The zero-order chi connectivity index (χ0) is 16.3. The normalized spacial score (nSPS) is 14.5. The molecule has 21 heavy (non-hydrogen) atoms. The molecule has 0 N–H and O–H groups in total. The van der Waals surface area contributed by atoms with E-state index in [0.29, 0.717) is 17.8 Å². The van der Waals surface area contributed by atoms with Gasteiger partial charge in [-0.15, -0.1) is 0 Å². The van der Waals surface area contributed by atoms with Gasteiger partial charge >= 0.3 is 5.97 Å². The number of hydrogen-bond donors (Lipinski definition) is 0. The fourth-order valence-corrected chi connectivity index (χ4v) is 3.03. The van der Waals surface area contributed by atoms with Crippen LogP contribution in [0.15, 0.2) is 0 Å². The molecule has 0 saturated heterocycles. The summed E-state index contributed by atoms with van der Waals surface area (Å²) in [5.74, 6) is 1.68. The van der Waals surface area contributed by atoms with Gasteiger partial charge in [-0.25, -0.2) is 0 Å². The van der Waals surface area contributed by atoms with Crippen molar-refractivity contribution in [3.05, 3.63) is 0 Å². The molecule has 0 amide bonds. The minimum absolute atomic E-state index is 0.0291. The summed E-state index contributed by atoms with van der Waals surface area (Å²) in [6.07, 6.45) is 10.3. The first-order valence-electron chi connectivity index (χ1n) is 9.01. The van der Waals surface area contributed by atoms with E-state index in [1.807, 2.05) is 0 Å². The van der Waals surface area contributed by atoms with Gasteiger partial charge in [-0.2, -0.15) is 0 Å². The zero-order valence-corrected chi connectivity index (χ0v) is 15.3. The maximum absolute atomic E-state index is 11.9. The van der Waals surface area contributed by atoms with Crippen molar-refractivity contribution in [1.82, 2.24) is 0 Å². The van der Waals surface area contributed by atoms with E-state index in [2.05, 4.69) is 34.6 Å². The highest BCUT2D eigenvalue weighted by Gasteiger charge is 2.27. The zero-order valence-electron chi connectivity index (χ0n) is 15.3. The minimum atomic E-state index is -0.0291. The maximum Gasteiger partial charge on any atom is 0.308 e. The number of ether oxygens (including phenoxy) is 1. The van der Waals surface area contributed by atoms with Crippen molar-refractivity contribution < 1.29 is 9.53 Å². The monoisotopic (exact) mass is 298 g/mol. The summed E-state index contributed by atoms with van der Waals surface area (Å²) in [5, 5.41) is 0. The molecule has 0 heterocycles. The van der Waals surface area contributed by atoms with Crippen molar-refractivity contribution in [3.8, 4) is 0 Å². The van der Waals surface area contributed by atoms with Gasteiger partial charge in [0, 0.05) is 0 Å². The number of carbonyl (C=O) groups is 1. The van der Waals surface area contributed by atoms with Crippen molar-refractivity contribution in [1.29, 1.82) is 0 Å². The lowest BCUT2D eigenvalue weighted by Crippen LogP contribution is -2.26. The molecule has 0 aliphatic carbocycles. The molecule has 0 bridgehead atoms. The van der Waals surface area contributed by atoms with E-state index in [-0.39, 0.29) is 11.9 Å². The van der Waals surface area contributed by atoms with Gasteiger partial charge in [0.05, 0.1) is 13.0 Å². The predicted octanol–water partition coefficient (Wildman–Crippen LogP) is 5.84. The molecule has 2 unspecified atom stereocenters. The van der Waals surface area contributed by atoms with Crippen molar-refractivity contribution in [2.24, 2.45) is 23.7 Å². The molecule has 126 valence electrons. The molecule has 2 atom stereocenters. The fraction of sp³-hybridized carbons (Fsp3) is 0.947. The summed E-state index contributed by atoms with van der Waals surface area (Å²) < 4.78 is 4.99. The summed E-state index contributed by atoms with van der Waals surface area (Å²) in [5.41, 5.74) is 0. The summed E-state index contributed by atoms with van der Waals surface area (Å²) in [7, 11) is 1.51. The van der Waals surface area contributed by atoms with Gasteiger partial charge in [-0.1, -0.05) is 79.6 Å². The SMILES string of the molecule is CCCCCCCCC(CC(C(=O)OC)C(C)C)C(C)C. The van der Waals surface area contributed by atoms with Crippen molar-refractivity contribution >= 4 is 5.97 Å². The van der Waals surface area contributed by atoms with Crippen molar-refractivity contribution in [2.75, 3.05) is 7.11 Å². The molecule has 0 radical (unpaired) electrons. The molecule has 2 nitrogen and oxygen atoms in total. The average molecular weight is 299 g/mol. The van der Waals surface area contributed by atoms with Crippen LogP contribution < -0.4 is 0 Å². The van der Waals surface area contributed by atoms with Crippen LogP contribution in [-0.4, -0.2) is 13.1 Å². The van der Waals surface area contributed by atoms with Gasteiger partial charge in [0.2, 0.25) is 0 Å². The van der Waals surface area contributed by atoms with E-state index in [4.69, 9.17) is 4.74 Å². The highest BCUT2D eigenvalue weighted by molar-refractivity contribution is 5.72. The number of methoxy groups -OCH3 is 1. The molecule has 2 heteroatoms. The van der Waals surface area contributed by atoms with Crippen LogP contribution in [0.2, 0.25) is 0 Å². The van der Waals surface area contributed by atoms with Gasteiger partial charge in [-0.05, 0) is 24.2 Å². The minimum Gasteiger partial charge on any atom is -0.469 e. The second-order valence-corrected chi connectivity index (χ2v) is 7.17. The molecule has 0 aromatic carbocycles. The Labute approximate surface area is 133 Å². The van der Waals surface area contributed by atoms with Crippen molar-refractivity contribution in [2.45, 2.75) is 86.0 Å². The van der Waals surface area contributed by atoms with Gasteiger partial charge in [0.25, 0.3) is 0 Å². The number of esters is 1. The topological polar surface area (TPSA) is 26.3 Å². The van der Waals surface area contributed by atoms with Gasteiger partial charge in [-0.3, -0.25) is 4.79 Å². The Kier molecular flexibility index (Phi) is 11.8. The van der Waals surface area contributed by atoms with E-state index in [1.54, 1.807) is 0 Å². The maximum atomic E-state index is 11.9. The van der Waals surface area contributed by atoms with Gasteiger partial charge < -0.3 is 4.74 Å². The van der Waals surface area contributed by atoms with Gasteiger partial charge in [0.15, 0.2) is 0 Å². The highest BCUT2D eigenvalue weighted by Crippen LogP contribution is 2.30. The standard InChI is InChI=1S/C19H38O2/c1-7-8-9-10-11-12-13-17(15(2)3)14-18(16(4)5)19(20)21-6/h15-18H,7-14H2,1-6H3. The molecule has 0 saturated carbocycles. The van der Waals surface area contributed by atoms with Gasteiger partial charge in [0.1, 0.15) is 0 Å². The number of hydrogen-bond acceptors (Lipinski definition) is 2. The molecule has 0 fully saturated rings. The third-order valence-corrected chi connectivity index (χ3v) is 4.74. The van der Waals surface area contributed by atoms with E-state index >= 15 is 0 Å². The summed E-state index contributed by atoms with van der Waals surface area (Å²) in [6, 6.07) is 0. The predicted molar refractivity (Wildman–Crippen MR) is 91.3 cm³/mol. The molecular weight excluding hydrogens is 260 g/mol. The van der Waals surface area contributed by atoms with Crippen LogP contribution in [0.25, 0.3) is 0 Å². The number of carbonyl (C=O) groups excluding carboxylic acids is 1. The van der Waals surface area contributed by atoms with Crippen LogP contribution >= 0.6 is 0 Å². The van der Waals surface area contributed by atoms with Crippen LogP contribution in [0, 0.1) is 23.7 Å². The lowest BCUT2D eigenvalue weighted by Gasteiger charge is -2.27.